The molecule has 0 spiro atoms. The maximum atomic E-state index is 13.0. The lowest BCUT2D eigenvalue weighted by molar-refractivity contribution is 0.595. The van der Waals surface area contributed by atoms with Crippen molar-refractivity contribution in [1.82, 2.24) is 4.98 Å². The van der Waals surface area contributed by atoms with E-state index in [1.54, 1.807) is 36.4 Å². The first-order valence-corrected chi connectivity index (χ1v) is 9.90. The molecule has 126 valence electrons. The maximum absolute atomic E-state index is 13.0. The van der Waals surface area contributed by atoms with Crippen LogP contribution < -0.4 is 10.6 Å². The van der Waals surface area contributed by atoms with E-state index in [9.17, 15) is 8.42 Å². The topological polar surface area (TPSA) is 76.3 Å². The highest BCUT2D eigenvalue weighted by Gasteiger charge is 2.29. The van der Waals surface area contributed by atoms with Gasteiger partial charge in [0.2, 0.25) is 9.84 Å². The molecule has 2 fully saturated rings. The number of rotatable bonds is 4. The molecule has 1 saturated heterocycles. The minimum atomic E-state index is -3.56. The molecule has 2 N–H and O–H groups in total. The smallest absolute Gasteiger partial charge is 0.206 e. The van der Waals surface area contributed by atoms with Crippen molar-refractivity contribution in [3.8, 4) is 0 Å². The summed E-state index contributed by atoms with van der Waals surface area (Å²) >= 11 is 0. The van der Waals surface area contributed by atoms with E-state index in [0.29, 0.717) is 16.5 Å². The third-order valence-corrected chi connectivity index (χ3v) is 6.48. The van der Waals surface area contributed by atoms with Crippen LogP contribution in [-0.2, 0) is 9.84 Å². The molecule has 2 aromatic rings. The molecule has 24 heavy (non-hydrogen) atoms. The van der Waals surface area contributed by atoms with Gasteiger partial charge in [-0.3, -0.25) is 0 Å². The van der Waals surface area contributed by atoms with Crippen molar-refractivity contribution in [2.75, 3.05) is 23.7 Å². The lowest BCUT2D eigenvalue weighted by atomic mass is 10.2. The van der Waals surface area contributed by atoms with Crippen molar-refractivity contribution >= 4 is 21.3 Å². The Morgan fingerprint density at radius 1 is 1.00 bits per heavy atom. The molecule has 0 amide bonds. The van der Waals surface area contributed by atoms with Crippen molar-refractivity contribution in [2.45, 2.75) is 41.4 Å². The van der Waals surface area contributed by atoms with Crippen LogP contribution in [-0.4, -0.2) is 26.5 Å². The van der Waals surface area contributed by atoms with E-state index >= 15 is 0 Å². The van der Waals surface area contributed by atoms with Gasteiger partial charge >= 0.3 is 0 Å². The van der Waals surface area contributed by atoms with Gasteiger partial charge in [0.25, 0.3) is 0 Å². The van der Waals surface area contributed by atoms with Crippen LogP contribution in [0.25, 0.3) is 0 Å². The summed E-state index contributed by atoms with van der Waals surface area (Å²) in [5.41, 5.74) is 7.14. The number of nitrogen functional groups attached to an aromatic ring is 1. The fourth-order valence-electron chi connectivity index (χ4n) is 3.15. The Balaban J connectivity index is 1.79. The molecule has 4 rings (SSSR count). The highest BCUT2D eigenvalue weighted by Crippen LogP contribution is 2.41. The van der Waals surface area contributed by atoms with E-state index in [1.165, 1.54) is 0 Å². The average Bonchev–Trinajstić information content (AvgIpc) is 3.29. The van der Waals surface area contributed by atoms with Crippen LogP contribution in [0.4, 0.5) is 11.5 Å². The van der Waals surface area contributed by atoms with E-state index in [0.717, 1.165) is 50.3 Å². The Morgan fingerprint density at radius 2 is 1.67 bits per heavy atom. The second-order valence-corrected chi connectivity index (χ2v) is 8.58. The zero-order valence-corrected chi connectivity index (χ0v) is 14.3. The van der Waals surface area contributed by atoms with Gasteiger partial charge < -0.3 is 10.6 Å². The standard InChI is InChI=1S/C18H21N3O2S/c19-14-5-7-15(8-6-14)24(22,23)16-11-17(13-3-4-13)20-18(12-16)21-9-1-2-10-21/h5-8,11-13H,1-4,9-10,19H2. The summed E-state index contributed by atoms with van der Waals surface area (Å²) in [6, 6.07) is 9.86. The molecule has 6 heteroatoms. The van der Waals surface area contributed by atoms with Crippen LogP contribution in [0.5, 0.6) is 0 Å². The van der Waals surface area contributed by atoms with E-state index in [4.69, 9.17) is 10.7 Å². The van der Waals surface area contributed by atoms with Gasteiger partial charge in [0.05, 0.1) is 9.79 Å². The average molecular weight is 343 g/mol. The van der Waals surface area contributed by atoms with Crippen LogP contribution in [0.15, 0.2) is 46.2 Å². The number of nitrogens with two attached hydrogens (primary N) is 1. The van der Waals surface area contributed by atoms with Gasteiger partial charge in [0, 0.05) is 30.4 Å². The van der Waals surface area contributed by atoms with Gasteiger partial charge in [-0.2, -0.15) is 0 Å². The van der Waals surface area contributed by atoms with Crippen LogP contribution in [0.2, 0.25) is 0 Å². The number of pyridine rings is 1. The Kier molecular flexibility index (Phi) is 3.72. The fraction of sp³-hybridized carbons (Fsp3) is 0.389. The molecular formula is C18H21N3O2S. The molecule has 5 nitrogen and oxygen atoms in total. The summed E-state index contributed by atoms with van der Waals surface area (Å²) in [5, 5.41) is 0. The van der Waals surface area contributed by atoms with Gasteiger partial charge in [-0.25, -0.2) is 13.4 Å². The second-order valence-electron chi connectivity index (χ2n) is 6.63. The first-order valence-electron chi connectivity index (χ1n) is 8.41. The van der Waals surface area contributed by atoms with Crippen LogP contribution >= 0.6 is 0 Å². The highest BCUT2D eigenvalue weighted by atomic mass is 32.2. The summed E-state index contributed by atoms with van der Waals surface area (Å²) < 4.78 is 26.0. The third-order valence-electron chi connectivity index (χ3n) is 4.73. The lowest BCUT2D eigenvalue weighted by Crippen LogP contribution is -2.20. The van der Waals surface area contributed by atoms with E-state index < -0.39 is 9.84 Å². The molecule has 0 bridgehead atoms. The molecular weight excluding hydrogens is 322 g/mol. The van der Waals surface area contributed by atoms with Gasteiger partial charge in [-0.15, -0.1) is 0 Å². The molecule has 0 radical (unpaired) electrons. The normalized spacial score (nSPS) is 18.1. The predicted octanol–water partition coefficient (Wildman–Crippen LogP) is 2.97. The summed E-state index contributed by atoms with van der Waals surface area (Å²) in [5.74, 6) is 1.21. The predicted molar refractivity (Wildman–Crippen MR) is 94.0 cm³/mol. The molecule has 1 aliphatic carbocycles. The summed E-state index contributed by atoms with van der Waals surface area (Å²) in [6.07, 6.45) is 4.46. The zero-order chi connectivity index (χ0) is 16.7. The molecule has 1 aliphatic heterocycles. The number of hydrogen-bond donors (Lipinski definition) is 1. The quantitative estimate of drug-likeness (QED) is 0.864. The third kappa shape index (κ3) is 2.86. The summed E-state index contributed by atoms with van der Waals surface area (Å²) in [7, 11) is -3.56. The number of anilines is 2. The Morgan fingerprint density at radius 3 is 2.29 bits per heavy atom. The summed E-state index contributed by atoms with van der Waals surface area (Å²) in [6.45, 7) is 1.89. The number of aromatic nitrogens is 1. The maximum Gasteiger partial charge on any atom is 0.206 e. The van der Waals surface area contributed by atoms with Crippen molar-refractivity contribution in [3.05, 3.63) is 42.1 Å². The van der Waals surface area contributed by atoms with Crippen molar-refractivity contribution < 1.29 is 8.42 Å². The Hall–Kier alpha value is -2.08. The largest absolute Gasteiger partial charge is 0.399 e. The first-order chi connectivity index (χ1) is 11.5. The molecule has 2 aliphatic rings. The van der Waals surface area contributed by atoms with Crippen LogP contribution in [0, 0.1) is 0 Å². The number of hydrogen-bond acceptors (Lipinski definition) is 5. The minimum absolute atomic E-state index is 0.275. The molecule has 2 heterocycles. The monoisotopic (exact) mass is 343 g/mol. The molecule has 1 saturated carbocycles. The van der Waals surface area contributed by atoms with Crippen molar-refractivity contribution in [3.63, 3.8) is 0 Å². The number of sulfone groups is 1. The zero-order valence-electron chi connectivity index (χ0n) is 13.5. The Labute approximate surface area is 142 Å². The fourth-order valence-corrected chi connectivity index (χ4v) is 4.45. The second kappa shape index (κ2) is 5.77. The van der Waals surface area contributed by atoms with E-state index in [1.807, 2.05) is 0 Å². The van der Waals surface area contributed by atoms with Gasteiger partial charge in [0.15, 0.2) is 0 Å². The minimum Gasteiger partial charge on any atom is -0.399 e. The van der Waals surface area contributed by atoms with Crippen molar-refractivity contribution in [2.24, 2.45) is 0 Å². The number of benzene rings is 1. The van der Waals surface area contributed by atoms with Crippen LogP contribution in [0.1, 0.15) is 37.3 Å². The van der Waals surface area contributed by atoms with Crippen molar-refractivity contribution in [1.29, 1.82) is 0 Å². The van der Waals surface area contributed by atoms with Gasteiger partial charge in [0.1, 0.15) is 5.82 Å². The van der Waals surface area contributed by atoms with Crippen LogP contribution in [0.3, 0.4) is 0 Å². The molecule has 0 atom stereocenters. The lowest BCUT2D eigenvalue weighted by Gasteiger charge is -2.18. The van der Waals surface area contributed by atoms with E-state index in [-0.39, 0.29) is 4.90 Å². The molecule has 1 aromatic heterocycles. The highest BCUT2D eigenvalue weighted by molar-refractivity contribution is 7.91. The van der Waals surface area contributed by atoms with Gasteiger partial charge in [-0.1, -0.05) is 0 Å². The first kappa shape index (κ1) is 15.4. The van der Waals surface area contributed by atoms with Gasteiger partial charge in [-0.05, 0) is 62.1 Å². The van der Waals surface area contributed by atoms with E-state index in [2.05, 4.69) is 4.90 Å². The Bertz CT molecular complexity index is 852. The number of nitrogens with zero attached hydrogens (tertiary/aromatic N) is 2. The molecule has 0 unspecified atom stereocenters. The SMILES string of the molecule is Nc1ccc(S(=O)(=O)c2cc(C3CC3)nc(N3CCCC3)c2)cc1. The molecule has 1 aromatic carbocycles. The summed E-state index contributed by atoms with van der Waals surface area (Å²) in [4.78, 5) is 7.54.